The monoisotopic (exact) mass is 701 g/mol. The van der Waals surface area contributed by atoms with Gasteiger partial charge in [-0.15, -0.1) is 0 Å². The Balaban J connectivity index is 1.83. The molecule has 4 fully saturated rings. The second-order valence-corrected chi connectivity index (χ2v) is 16.8. The Labute approximate surface area is 294 Å². The number of ether oxygens (including phenoxy) is 7. The zero-order valence-electron chi connectivity index (χ0n) is 32.3. The average Bonchev–Trinajstić information content (AvgIpc) is 3.34. The summed E-state index contributed by atoms with van der Waals surface area (Å²) in [5, 5.41) is 35.0. The molecule has 0 amide bonds. The Kier molecular flexibility index (Phi) is 13.0. The van der Waals surface area contributed by atoms with E-state index in [1.54, 1.807) is 14.0 Å². The molecule has 0 aromatic carbocycles. The van der Waals surface area contributed by atoms with Gasteiger partial charge in [0, 0.05) is 37.8 Å². The number of aliphatic hydroxyl groups is 3. The second-order valence-electron chi connectivity index (χ2n) is 16.8. The smallest absolute Gasteiger partial charge is 0.311 e. The summed E-state index contributed by atoms with van der Waals surface area (Å²) in [4.78, 5) is 16.1. The van der Waals surface area contributed by atoms with Crippen molar-refractivity contribution in [3.63, 3.8) is 0 Å². The van der Waals surface area contributed by atoms with E-state index in [0.717, 1.165) is 0 Å². The summed E-state index contributed by atoms with van der Waals surface area (Å²) >= 11 is 0. The van der Waals surface area contributed by atoms with Crippen molar-refractivity contribution in [1.82, 2.24) is 4.90 Å². The van der Waals surface area contributed by atoms with Gasteiger partial charge in [-0.25, -0.2) is 0 Å². The molecule has 2 bridgehead atoms. The lowest BCUT2D eigenvalue weighted by atomic mass is 9.76. The van der Waals surface area contributed by atoms with Gasteiger partial charge in [-0.3, -0.25) is 4.79 Å². The van der Waals surface area contributed by atoms with Crippen molar-refractivity contribution >= 4 is 5.97 Å². The van der Waals surface area contributed by atoms with E-state index in [0.29, 0.717) is 32.1 Å². The molecule has 286 valence electrons. The van der Waals surface area contributed by atoms with Crippen molar-refractivity contribution in [2.45, 2.75) is 186 Å². The van der Waals surface area contributed by atoms with Gasteiger partial charge in [-0.05, 0) is 80.8 Å². The lowest BCUT2D eigenvalue weighted by Gasteiger charge is -2.48. The molecule has 12 nitrogen and oxygen atoms in total. The predicted octanol–water partition coefficient (Wildman–Crippen LogP) is 3.65. The Morgan fingerprint density at radius 2 is 1.57 bits per heavy atom. The van der Waals surface area contributed by atoms with Crippen LogP contribution >= 0.6 is 0 Å². The van der Waals surface area contributed by atoms with Crippen LogP contribution in [-0.4, -0.2) is 132 Å². The number of cyclic esters (lactones) is 1. The van der Waals surface area contributed by atoms with Gasteiger partial charge in [0.15, 0.2) is 12.6 Å². The molecule has 49 heavy (non-hydrogen) atoms. The number of esters is 1. The maximum Gasteiger partial charge on any atom is 0.311 e. The maximum absolute atomic E-state index is 14.1. The van der Waals surface area contributed by atoms with Gasteiger partial charge in [-0.2, -0.15) is 0 Å². The first kappa shape index (κ1) is 40.8. The van der Waals surface area contributed by atoms with Crippen LogP contribution in [0.4, 0.5) is 0 Å². The number of carbonyl (C=O) groups is 1. The van der Waals surface area contributed by atoms with Crippen LogP contribution in [0.1, 0.15) is 101 Å². The third-order valence-electron chi connectivity index (χ3n) is 12.1. The van der Waals surface area contributed by atoms with E-state index in [2.05, 4.69) is 6.92 Å². The number of fused-ring (bicyclic) bond motifs is 2. The molecule has 0 radical (unpaired) electrons. The van der Waals surface area contributed by atoms with E-state index < -0.39 is 89.7 Å². The first-order valence-electron chi connectivity index (χ1n) is 18.5. The van der Waals surface area contributed by atoms with Gasteiger partial charge in [-0.1, -0.05) is 27.7 Å². The van der Waals surface area contributed by atoms with Crippen molar-refractivity contribution in [2.24, 2.45) is 23.7 Å². The molecule has 4 aliphatic rings. The molecule has 4 aliphatic heterocycles. The summed E-state index contributed by atoms with van der Waals surface area (Å²) in [6.07, 6.45) is -4.58. The summed E-state index contributed by atoms with van der Waals surface area (Å²) in [6, 6.07) is -0.198. The third-order valence-corrected chi connectivity index (χ3v) is 12.1. The molecule has 0 aromatic rings. The summed E-state index contributed by atoms with van der Waals surface area (Å²) < 4.78 is 45.3. The first-order valence-corrected chi connectivity index (χ1v) is 18.5. The number of rotatable bonds is 7. The second kappa shape index (κ2) is 15.6. The van der Waals surface area contributed by atoms with E-state index >= 15 is 0 Å². The topological polar surface area (TPSA) is 146 Å². The van der Waals surface area contributed by atoms with Crippen molar-refractivity contribution in [1.29, 1.82) is 0 Å². The highest BCUT2D eigenvalue weighted by Crippen LogP contribution is 2.48. The molecule has 12 heteroatoms. The van der Waals surface area contributed by atoms with Crippen LogP contribution < -0.4 is 0 Å². The van der Waals surface area contributed by atoms with E-state index in [4.69, 9.17) is 33.2 Å². The van der Waals surface area contributed by atoms with Crippen molar-refractivity contribution in [2.75, 3.05) is 21.2 Å². The number of carbonyl (C=O) groups excluding carboxylic acids is 1. The van der Waals surface area contributed by atoms with Crippen LogP contribution in [0.15, 0.2) is 0 Å². The molecule has 4 rings (SSSR count). The minimum absolute atomic E-state index is 0.0262. The van der Waals surface area contributed by atoms with E-state index in [1.807, 2.05) is 67.5 Å². The lowest BCUT2D eigenvalue weighted by Crippen LogP contribution is -2.59. The van der Waals surface area contributed by atoms with E-state index in [9.17, 15) is 20.1 Å². The molecular formula is C37H67NO11. The van der Waals surface area contributed by atoms with Crippen molar-refractivity contribution in [3.8, 4) is 0 Å². The Hall–Kier alpha value is -0.930. The summed E-state index contributed by atoms with van der Waals surface area (Å²) in [5.74, 6) is -2.47. The third kappa shape index (κ3) is 8.50. The standard InChI is InChI=1S/C37H67NO11/c1-14-26-37(10,42)31(40)22(5)29-19(2)16-36(9,49-29)32(48-34-28(39)25(38(11)12)15-20(3)45-34)23(6)30(24(7)33(41)46-26)47-27-18-35(8,43-13)17-21(4)44-27/h19-32,34,39-40,42H,14-18H2,1-13H3/t19-,20+,21-,22-,23-,24+,25-,26+,27-,28+,29+,30-,31+,32+,34-,35-,36-,37+/m0/s1. The summed E-state index contributed by atoms with van der Waals surface area (Å²) in [6.45, 7) is 19.0. The molecule has 4 saturated heterocycles. The summed E-state index contributed by atoms with van der Waals surface area (Å²) in [7, 11) is 5.54. The normalized spacial score (nSPS) is 51.9. The largest absolute Gasteiger partial charge is 0.459 e. The molecular weight excluding hydrogens is 634 g/mol. The minimum Gasteiger partial charge on any atom is -0.459 e. The molecule has 0 saturated carbocycles. The highest BCUT2D eigenvalue weighted by Gasteiger charge is 2.57. The van der Waals surface area contributed by atoms with Crippen LogP contribution in [0, 0.1) is 23.7 Å². The Bertz CT molecular complexity index is 1110. The predicted molar refractivity (Wildman–Crippen MR) is 183 cm³/mol. The number of likely N-dealkylation sites (N-methyl/N-ethyl adjacent to an activating group) is 1. The fourth-order valence-corrected chi connectivity index (χ4v) is 9.25. The van der Waals surface area contributed by atoms with Gasteiger partial charge >= 0.3 is 5.97 Å². The molecule has 18 atom stereocenters. The number of nitrogens with zero attached hydrogens (tertiary/aromatic N) is 1. The number of methoxy groups -OCH3 is 1. The fraction of sp³-hybridized carbons (Fsp3) is 0.973. The molecule has 3 N–H and O–H groups in total. The lowest BCUT2D eigenvalue weighted by molar-refractivity contribution is -0.311. The van der Waals surface area contributed by atoms with Gasteiger partial charge in [0.05, 0.1) is 53.7 Å². The number of hydrogen-bond acceptors (Lipinski definition) is 12. The number of aliphatic hydroxyl groups excluding tert-OH is 2. The van der Waals surface area contributed by atoms with Gasteiger partial charge in [0.2, 0.25) is 0 Å². The molecule has 0 aromatic heterocycles. The van der Waals surface area contributed by atoms with Crippen LogP contribution in [0.5, 0.6) is 0 Å². The zero-order chi connectivity index (χ0) is 36.8. The van der Waals surface area contributed by atoms with Gasteiger partial charge in [0.25, 0.3) is 0 Å². The highest BCUT2D eigenvalue weighted by atomic mass is 16.7. The summed E-state index contributed by atoms with van der Waals surface area (Å²) in [5.41, 5.74) is -3.20. The van der Waals surface area contributed by atoms with Gasteiger partial charge < -0.3 is 53.4 Å². The average molecular weight is 702 g/mol. The van der Waals surface area contributed by atoms with Crippen LogP contribution in [-0.2, 0) is 38.0 Å². The van der Waals surface area contributed by atoms with Crippen LogP contribution in [0.25, 0.3) is 0 Å². The van der Waals surface area contributed by atoms with Crippen molar-refractivity contribution in [3.05, 3.63) is 0 Å². The van der Waals surface area contributed by atoms with Crippen LogP contribution in [0.3, 0.4) is 0 Å². The SMILES string of the molecule is CC[C@H]1OC(=O)[C@H](C)[C@@H](O[C@H]2C[C@@](C)(OC)C[C@H](C)O2)[C@H](C)[C@@H](O[C@@H]2O[C@H](C)C[C@H](N(C)C)[C@H]2O)[C@]2(C)C[C@H](C)[C@@H](O2)[C@H](C)[C@@H](O)[C@]1(C)O. The van der Waals surface area contributed by atoms with Crippen molar-refractivity contribution < 1.29 is 53.3 Å². The number of hydrogen-bond donors (Lipinski definition) is 3. The minimum atomic E-state index is -1.75. The first-order chi connectivity index (χ1) is 22.7. The quantitative estimate of drug-likeness (QED) is 0.333. The highest BCUT2D eigenvalue weighted by molar-refractivity contribution is 5.73. The van der Waals surface area contributed by atoms with E-state index in [1.165, 1.54) is 6.92 Å². The fourth-order valence-electron chi connectivity index (χ4n) is 9.25. The molecule has 4 heterocycles. The van der Waals surface area contributed by atoms with Gasteiger partial charge in [0.1, 0.15) is 17.8 Å². The van der Waals surface area contributed by atoms with Crippen LogP contribution in [0.2, 0.25) is 0 Å². The Morgan fingerprint density at radius 1 is 0.918 bits per heavy atom. The Morgan fingerprint density at radius 3 is 2.16 bits per heavy atom. The molecule has 0 aliphatic carbocycles. The zero-order valence-corrected chi connectivity index (χ0v) is 32.3. The molecule has 0 spiro atoms. The van der Waals surface area contributed by atoms with E-state index in [-0.39, 0.29) is 24.2 Å². The molecule has 0 unspecified atom stereocenters. The maximum atomic E-state index is 14.1.